The molecular formula is C29H30FN5O5S. The van der Waals surface area contributed by atoms with Gasteiger partial charge in [-0.1, -0.05) is 0 Å². The molecule has 0 unspecified atom stereocenters. The summed E-state index contributed by atoms with van der Waals surface area (Å²) < 4.78 is 47.5. The molecule has 1 aliphatic carbocycles. The summed E-state index contributed by atoms with van der Waals surface area (Å²) in [6.45, 7) is 1.58. The van der Waals surface area contributed by atoms with Crippen LogP contribution in [-0.2, 0) is 14.8 Å². The van der Waals surface area contributed by atoms with Crippen LogP contribution in [0.2, 0.25) is 0 Å². The van der Waals surface area contributed by atoms with Crippen molar-refractivity contribution in [1.29, 1.82) is 0 Å². The van der Waals surface area contributed by atoms with Crippen molar-refractivity contribution < 1.29 is 27.1 Å². The van der Waals surface area contributed by atoms with Crippen molar-refractivity contribution in [3.8, 4) is 17.2 Å². The number of hydrogen-bond donors (Lipinski definition) is 2. The smallest absolute Gasteiger partial charge is 0.270 e. The molecule has 5 rings (SSSR count). The average molecular weight is 580 g/mol. The van der Waals surface area contributed by atoms with E-state index >= 15 is 0 Å². The van der Waals surface area contributed by atoms with Gasteiger partial charge in [-0.3, -0.25) is 13.9 Å². The first-order chi connectivity index (χ1) is 19.5. The first kappa shape index (κ1) is 28.1. The summed E-state index contributed by atoms with van der Waals surface area (Å²) in [5, 5.41) is 10.6. The molecule has 3 aromatic carbocycles. The number of sulfonamides is 1. The van der Waals surface area contributed by atoms with Crippen molar-refractivity contribution in [3.63, 3.8) is 0 Å². The van der Waals surface area contributed by atoms with Crippen LogP contribution < -0.4 is 19.7 Å². The van der Waals surface area contributed by atoms with E-state index in [1.807, 2.05) is 6.07 Å². The summed E-state index contributed by atoms with van der Waals surface area (Å²) in [6.07, 6.45) is 2.94. The van der Waals surface area contributed by atoms with Gasteiger partial charge < -0.3 is 15.4 Å². The standard InChI is InChI=1S/C29H30FN5O5S/c1-18(36)32-14-15-34(41(3,38)39)27-17-26-25(16-24(27)19-4-5-19)28(29(37)31-2)35(33-26)21-8-12-23(13-9-21)40-22-10-6-20(30)7-11-22/h6-13,16-17,19H,4-5,14-15H2,1-3H3,(H,31,37)(H,32,36). The Morgan fingerprint density at radius 1 is 1.07 bits per heavy atom. The van der Waals surface area contributed by atoms with E-state index < -0.39 is 10.0 Å². The number of carbonyl (C=O) groups is 2. The zero-order chi connectivity index (χ0) is 29.3. The number of carbonyl (C=O) groups excluding carboxylic acids is 2. The molecular weight excluding hydrogens is 549 g/mol. The minimum absolute atomic E-state index is 0.0577. The number of rotatable bonds is 10. The second kappa shape index (κ2) is 11.2. The normalized spacial score (nSPS) is 13.2. The zero-order valence-electron chi connectivity index (χ0n) is 22.8. The fourth-order valence-corrected chi connectivity index (χ4v) is 5.63. The molecule has 1 aliphatic rings. The Balaban J connectivity index is 1.58. The van der Waals surface area contributed by atoms with Gasteiger partial charge in [-0.15, -0.1) is 0 Å². The maximum atomic E-state index is 13.2. The monoisotopic (exact) mass is 579 g/mol. The van der Waals surface area contributed by atoms with Crippen LogP contribution in [0, 0.1) is 5.82 Å². The molecule has 2 N–H and O–H groups in total. The fraction of sp³-hybridized carbons (Fsp3) is 0.276. The maximum absolute atomic E-state index is 13.2. The molecule has 0 bridgehead atoms. The lowest BCUT2D eigenvalue weighted by Crippen LogP contribution is -2.38. The second-order valence-corrected chi connectivity index (χ2v) is 11.8. The molecule has 0 atom stereocenters. The highest BCUT2D eigenvalue weighted by Gasteiger charge is 2.32. The Morgan fingerprint density at radius 2 is 1.71 bits per heavy atom. The SMILES string of the molecule is CNC(=O)c1c2cc(C3CC3)c(N(CCNC(C)=O)S(C)(=O)=O)cc2nn1-c1ccc(Oc2ccc(F)cc2)cc1. The number of anilines is 1. The van der Waals surface area contributed by atoms with Crippen molar-refractivity contribution in [2.45, 2.75) is 25.7 Å². The lowest BCUT2D eigenvalue weighted by Gasteiger charge is -2.25. The van der Waals surface area contributed by atoms with Crippen LogP contribution in [0.4, 0.5) is 10.1 Å². The van der Waals surface area contributed by atoms with Crippen molar-refractivity contribution in [2.75, 3.05) is 30.7 Å². The third-order valence-corrected chi connectivity index (χ3v) is 7.95. The molecule has 12 heteroatoms. The third kappa shape index (κ3) is 6.17. The fourth-order valence-electron chi connectivity index (χ4n) is 4.69. The summed E-state index contributed by atoms with van der Waals surface area (Å²) in [6, 6.07) is 16.2. The largest absolute Gasteiger partial charge is 0.457 e. The van der Waals surface area contributed by atoms with Crippen molar-refractivity contribution in [1.82, 2.24) is 20.4 Å². The van der Waals surface area contributed by atoms with Crippen LogP contribution in [0.5, 0.6) is 11.5 Å². The van der Waals surface area contributed by atoms with Crippen LogP contribution >= 0.6 is 0 Å². The predicted molar refractivity (Wildman–Crippen MR) is 154 cm³/mol. The summed E-state index contributed by atoms with van der Waals surface area (Å²) >= 11 is 0. The number of nitrogens with zero attached hydrogens (tertiary/aromatic N) is 3. The molecule has 41 heavy (non-hydrogen) atoms. The molecule has 0 aliphatic heterocycles. The molecule has 0 saturated heterocycles. The van der Waals surface area contributed by atoms with Gasteiger partial charge in [0.05, 0.1) is 29.7 Å². The van der Waals surface area contributed by atoms with Gasteiger partial charge >= 0.3 is 0 Å². The lowest BCUT2D eigenvalue weighted by atomic mass is 10.0. The highest BCUT2D eigenvalue weighted by atomic mass is 32.2. The molecule has 1 aromatic heterocycles. The number of fused-ring (bicyclic) bond motifs is 1. The Labute approximate surface area is 237 Å². The van der Waals surface area contributed by atoms with E-state index in [0.717, 1.165) is 24.7 Å². The predicted octanol–water partition coefficient (Wildman–Crippen LogP) is 4.10. The van der Waals surface area contributed by atoms with E-state index in [1.165, 1.54) is 47.2 Å². The molecule has 1 fully saturated rings. The van der Waals surface area contributed by atoms with E-state index in [4.69, 9.17) is 9.84 Å². The Morgan fingerprint density at radius 3 is 2.27 bits per heavy atom. The second-order valence-electron chi connectivity index (χ2n) is 9.91. The van der Waals surface area contributed by atoms with Crippen LogP contribution in [0.25, 0.3) is 16.6 Å². The quantitative estimate of drug-likeness (QED) is 0.292. The van der Waals surface area contributed by atoms with E-state index in [9.17, 15) is 22.4 Å². The first-order valence-electron chi connectivity index (χ1n) is 13.1. The molecule has 214 valence electrons. The molecule has 2 amide bonds. The van der Waals surface area contributed by atoms with Gasteiger partial charge in [0, 0.05) is 25.9 Å². The number of benzene rings is 3. The number of halogens is 1. The van der Waals surface area contributed by atoms with E-state index in [1.54, 1.807) is 30.3 Å². The van der Waals surface area contributed by atoms with Crippen LogP contribution in [0.15, 0.2) is 60.7 Å². The minimum atomic E-state index is -3.69. The van der Waals surface area contributed by atoms with Crippen LogP contribution in [0.1, 0.15) is 41.7 Å². The highest BCUT2D eigenvalue weighted by Crippen LogP contribution is 2.46. The molecule has 0 spiro atoms. The number of hydrogen-bond acceptors (Lipinski definition) is 6. The first-order valence-corrected chi connectivity index (χ1v) is 14.9. The number of aromatic nitrogens is 2. The molecule has 1 saturated carbocycles. The average Bonchev–Trinajstić information content (AvgIpc) is 3.71. The number of amides is 2. The molecule has 0 radical (unpaired) electrons. The van der Waals surface area contributed by atoms with Gasteiger partial charge in [-0.25, -0.2) is 17.5 Å². The highest BCUT2D eigenvalue weighted by molar-refractivity contribution is 7.92. The van der Waals surface area contributed by atoms with Gasteiger partial charge in [0.15, 0.2) is 0 Å². The van der Waals surface area contributed by atoms with E-state index in [0.29, 0.717) is 39.5 Å². The molecule has 1 heterocycles. The Bertz CT molecular complexity index is 1720. The zero-order valence-corrected chi connectivity index (χ0v) is 23.7. The van der Waals surface area contributed by atoms with Gasteiger partial charge in [0.25, 0.3) is 5.91 Å². The van der Waals surface area contributed by atoms with Crippen molar-refractivity contribution in [2.24, 2.45) is 0 Å². The molecule has 10 nitrogen and oxygen atoms in total. The summed E-state index contributed by atoms with van der Waals surface area (Å²) in [5.41, 5.74) is 2.66. The number of ether oxygens (including phenoxy) is 1. The summed E-state index contributed by atoms with van der Waals surface area (Å²) in [4.78, 5) is 24.5. The third-order valence-electron chi connectivity index (χ3n) is 6.77. The minimum Gasteiger partial charge on any atom is -0.457 e. The lowest BCUT2D eigenvalue weighted by molar-refractivity contribution is -0.118. The van der Waals surface area contributed by atoms with Crippen molar-refractivity contribution >= 4 is 38.4 Å². The maximum Gasteiger partial charge on any atom is 0.270 e. The van der Waals surface area contributed by atoms with Crippen LogP contribution in [-0.4, -0.2) is 56.4 Å². The van der Waals surface area contributed by atoms with Crippen LogP contribution in [0.3, 0.4) is 0 Å². The van der Waals surface area contributed by atoms with E-state index in [2.05, 4.69) is 10.6 Å². The van der Waals surface area contributed by atoms with Gasteiger partial charge in [0.2, 0.25) is 15.9 Å². The van der Waals surface area contributed by atoms with Gasteiger partial charge in [0.1, 0.15) is 23.0 Å². The summed E-state index contributed by atoms with van der Waals surface area (Å²) in [7, 11) is -2.15. The van der Waals surface area contributed by atoms with Gasteiger partial charge in [-0.2, -0.15) is 5.10 Å². The van der Waals surface area contributed by atoms with E-state index in [-0.39, 0.29) is 36.6 Å². The topological polar surface area (TPSA) is 123 Å². The number of nitrogens with one attached hydrogen (secondary N) is 2. The van der Waals surface area contributed by atoms with Gasteiger partial charge in [-0.05, 0) is 85.0 Å². The Kier molecular flexibility index (Phi) is 7.68. The van der Waals surface area contributed by atoms with Crippen molar-refractivity contribution in [3.05, 3.63) is 77.7 Å². The molecule has 4 aromatic rings. The summed E-state index contributed by atoms with van der Waals surface area (Å²) in [5.74, 6) is 0.186. The Hall–Kier alpha value is -4.45.